The molecule has 0 saturated carbocycles. The minimum absolute atomic E-state index is 0.102. The van der Waals surface area contributed by atoms with Crippen molar-refractivity contribution in [3.8, 4) is 5.75 Å². The Kier molecular flexibility index (Phi) is 5.36. The zero-order chi connectivity index (χ0) is 13.7. The minimum atomic E-state index is -1.27. The van der Waals surface area contributed by atoms with Gasteiger partial charge in [0, 0.05) is 17.1 Å². The van der Waals surface area contributed by atoms with Gasteiger partial charge in [0.2, 0.25) is 0 Å². The molecular weight excluding hydrogens is 262 g/mol. The van der Waals surface area contributed by atoms with Crippen LogP contribution in [0.25, 0.3) is 0 Å². The molecule has 6 nitrogen and oxygen atoms in total. The lowest BCUT2D eigenvalue weighted by Gasteiger charge is -2.19. The van der Waals surface area contributed by atoms with Crippen LogP contribution in [0.5, 0.6) is 5.75 Å². The molecule has 1 aromatic carbocycles. The third kappa shape index (κ3) is 3.85. The van der Waals surface area contributed by atoms with E-state index in [1.54, 1.807) is 0 Å². The topological polar surface area (TPSA) is 113 Å². The number of nitrogens with two attached hydrogens (primary N) is 1. The summed E-state index contributed by atoms with van der Waals surface area (Å²) in [4.78, 5) is 10.4. The first-order valence-electron chi connectivity index (χ1n) is 5.16. The third-order valence-corrected chi connectivity index (χ3v) is 2.49. The van der Waals surface area contributed by atoms with E-state index in [9.17, 15) is 15.0 Å². The molecule has 7 heteroatoms. The normalized spacial score (nSPS) is 14.0. The second-order valence-electron chi connectivity index (χ2n) is 3.61. The Morgan fingerprint density at radius 3 is 2.67 bits per heavy atom. The van der Waals surface area contributed by atoms with Crippen molar-refractivity contribution in [2.75, 3.05) is 13.2 Å². The maximum absolute atomic E-state index is 10.4. The van der Waals surface area contributed by atoms with Gasteiger partial charge in [-0.2, -0.15) is 0 Å². The Morgan fingerprint density at radius 2 is 2.11 bits per heavy atom. The van der Waals surface area contributed by atoms with E-state index in [4.69, 9.17) is 27.2 Å². The summed E-state index contributed by atoms with van der Waals surface area (Å²) in [5, 5.41) is 28.2. The van der Waals surface area contributed by atoms with Crippen LogP contribution in [0.2, 0.25) is 5.02 Å². The van der Waals surface area contributed by atoms with E-state index in [0.717, 1.165) is 0 Å². The average molecular weight is 276 g/mol. The number of aliphatic hydroxyl groups excluding tert-OH is 2. The van der Waals surface area contributed by atoms with Crippen LogP contribution < -0.4 is 10.5 Å². The molecule has 100 valence electrons. The fourth-order valence-corrected chi connectivity index (χ4v) is 1.52. The molecule has 0 spiro atoms. The Balaban J connectivity index is 2.98. The van der Waals surface area contributed by atoms with E-state index in [-0.39, 0.29) is 17.9 Å². The molecule has 0 aliphatic rings. The lowest BCUT2D eigenvalue weighted by Crippen LogP contribution is -2.27. The number of rotatable bonds is 6. The Hall–Kier alpha value is -1.34. The van der Waals surface area contributed by atoms with Gasteiger partial charge in [-0.25, -0.2) is 4.79 Å². The summed E-state index contributed by atoms with van der Waals surface area (Å²) in [6, 6.07) is 4.31. The van der Waals surface area contributed by atoms with Crippen LogP contribution in [-0.4, -0.2) is 40.5 Å². The maximum Gasteiger partial charge on any atom is 0.341 e. The second kappa shape index (κ2) is 6.55. The molecule has 5 N–H and O–H groups in total. The van der Waals surface area contributed by atoms with Gasteiger partial charge in [-0.3, -0.25) is 0 Å². The summed E-state index contributed by atoms with van der Waals surface area (Å²) in [7, 11) is 0. The number of aliphatic carboxylic acids is 1. The van der Waals surface area contributed by atoms with Crippen molar-refractivity contribution in [3.63, 3.8) is 0 Å². The van der Waals surface area contributed by atoms with Gasteiger partial charge in [-0.1, -0.05) is 17.7 Å². The number of hydrogen-bond donors (Lipinski definition) is 4. The fraction of sp³-hybridized carbons (Fsp3) is 0.364. The Labute approximate surface area is 109 Å². The fourth-order valence-electron chi connectivity index (χ4n) is 1.35. The molecule has 0 saturated heterocycles. The molecule has 0 aromatic heterocycles. The van der Waals surface area contributed by atoms with E-state index < -0.39 is 24.8 Å². The summed E-state index contributed by atoms with van der Waals surface area (Å²) in [5.74, 6) is -1.06. The molecule has 1 aromatic rings. The number of carboxylic acid groups (broad SMARTS) is 1. The predicted octanol–water partition coefficient (Wildman–Crippen LogP) is 0.156. The van der Waals surface area contributed by atoms with Gasteiger partial charge in [-0.15, -0.1) is 0 Å². The van der Waals surface area contributed by atoms with Crippen LogP contribution in [0.1, 0.15) is 11.7 Å². The number of halogens is 1. The molecule has 1 rings (SSSR count). The lowest BCUT2D eigenvalue weighted by molar-refractivity contribution is -0.139. The Bertz CT molecular complexity index is 426. The van der Waals surface area contributed by atoms with Gasteiger partial charge in [0.05, 0.1) is 6.10 Å². The SMILES string of the molecule is NCC(O)C(O)c1ccc(Cl)cc1OCC(=O)O. The van der Waals surface area contributed by atoms with Crippen molar-refractivity contribution in [2.24, 2.45) is 5.73 Å². The molecule has 0 radical (unpaired) electrons. The van der Waals surface area contributed by atoms with Gasteiger partial charge in [0.1, 0.15) is 11.9 Å². The highest BCUT2D eigenvalue weighted by molar-refractivity contribution is 6.30. The largest absolute Gasteiger partial charge is 0.481 e. The van der Waals surface area contributed by atoms with Crippen LogP contribution in [-0.2, 0) is 4.79 Å². The minimum Gasteiger partial charge on any atom is -0.481 e. The molecule has 2 atom stereocenters. The maximum atomic E-state index is 10.4. The number of benzene rings is 1. The summed E-state index contributed by atoms with van der Waals surface area (Å²) < 4.78 is 5.00. The molecule has 0 bridgehead atoms. The molecule has 0 aliphatic carbocycles. The van der Waals surface area contributed by atoms with Crippen molar-refractivity contribution >= 4 is 17.6 Å². The zero-order valence-electron chi connectivity index (χ0n) is 9.41. The number of carbonyl (C=O) groups is 1. The van der Waals surface area contributed by atoms with Crippen molar-refractivity contribution in [1.82, 2.24) is 0 Å². The average Bonchev–Trinajstić information content (AvgIpc) is 2.34. The number of aliphatic hydroxyl groups is 2. The van der Waals surface area contributed by atoms with Gasteiger partial charge in [0.25, 0.3) is 0 Å². The van der Waals surface area contributed by atoms with Crippen LogP contribution in [0, 0.1) is 0 Å². The summed E-state index contributed by atoms with van der Waals surface area (Å²) in [6.07, 6.45) is -2.44. The van der Waals surface area contributed by atoms with E-state index >= 15 is 0 Å². The molecule has 18 heavy (non-hydrogen) atoms. The van der Waals surface area contributed by atoms with Gasteiger partial charge in [-0.05, 0) is 12.1 Å². The highest BCUT2D eigenvalue weighted by Gasteiger charge is 2.21. The number of hydrogen-bond acceptors (Lipinski definition) is 5. The van der Waals surface area contributed by atoms with Crippen molar-refractivity contribution in [1.29, 1.82) is 0 Å². The van der Waals surface area contributed by atoms with Crippen molar-refractivity contribution < 1.29 is 24.9 Å². The zero-order valence-corrected chi connectivity index (χ0v) is 10.2. The molecule has 0 amide bonds. The highest BCUT2D eigenvalue weighted by Crippen LogP contribution is 2.30. The molecule has 0 heterocycles. The van der Waals surface area contributed by atoms with Gasteiger partial charge >= 0.3 is 5.97 Å². The number of ether oxygens (including phenoxy) is 1. The monoisotopic (exact) mass is 275 g/mol. The second-order valence-corrected chi connectivity index (χ2v) is 4.05. The van der Waals surface area contributed by atoms with Crippen LogP contribution >= 0.6 is 11.6 Å². The van der Waals surface area contributed by atoms with Crippen LogP contribution in [0.4, 0.5) is 0 Å². The molecule has 2 unspecified atom stereocenters. The predicted molar refractivity (Wildman–Crippen MR) is 64.6 cm³/mol. The van der Waals surface area contributed by atoms with Gasteiger partial charge in [0.15, 0.2) is 6.61 Å². The Morgan fingerprint density at radius 1 is 1.44 bits per heavy atom. The molecule has 0 fully saturated rings. The summed E-state index contributed by atoms with van der Waals surface area (Å²) in [6.45, 7) is -0.707. The van der Waals surface area contributed by atoms with E-state index in [1.165, 1.54) is 18.2 Å². The summed E-state index contributed by atoms with van der Waals surface area (Å²) in [5.41, 5.74) is 5.48. The molecule has 0 aliphatic heterocycles. The summed E-state index contributed by atoms with van der Waals surface area (Å²) >= 11 is 5.75. The molecular formula is C11H14ClNO5. The van der Waals surface area contributed by atoms with E-state index in [2.05, 4.69) is 0 Å². The number of carboxylic acids is 1. The first-order valence-corrected chi connectivity index (χ1v) is 5.53. The van der Waals surface area contributed by atoms with Crippen molar-refractivity contribution in [2.45, 2.75) is 12.2 Å². The van der Waals surface area contributed by atoms with Crippen LogP contribution in [0.15, 0.2) is 18.2 Å². The highest BCUT2D eigenvalue weighted by atomic mass is 35.5. The quantitative estimate of drug-likeness (QED) is 0.588. The van der Waals surface area contributed by atoms with E-state index in [1.807, 2.05) is 0 Å². The standard InChI is InChI=1S/C11H14ClNO5/c12-6-1-2-7(11(17)8(14)4-13)9(3-6)18-5-10(15)16/h1-3,8,11,14,17H,4-5,13H2,(H,15,16). The first kappa shape index (κ1) is 14.7. The van der Waals surface area contributed by atoms with Crippen LogP contribution in [0.3, 0.4) is 0 Å². The first-order chi connectivity index (χ1) is 8.45. The third-order valence-electron chi connectivity index (χ3n) is 2.25. The van der Waals surface area contributed by atoms with E-state index in [0.29, 0.717) is 5.02 Å². The van der Waals surface area contributed by atoms with Gasteiger partial charge < -0.3 is 25.8 Å². The lowest BCUT2D eigenvalue weighted by atomic mass is 10.0. The van der Waals surface area contributed by atoms with Crippen molar-refractivity contribution in [3.05, 3.63) is 28.8 Å². The smallest absolute Gasteiger partial charge is 0.341 e.